The van der Waals surface area contributed by atoms with E-state index in [9.17, 15) is 9.59 Å². The molecule has 2 amide bonds. The molecule has 3 heterocycles. The van der Waals surface area contributed by atoms with Crippen LogP contribution in [-0.2, 0) is 4.79 Å². The van der Waals surface area contributed by atoms with Gasteiger partial charge in [-0.05, 0) is 18.2 Å². The molecule has 1 aromatic carbocycles. The van der Waals surface area contributed by atoms with Crippen LogP contribution in [0.5, 0.6) is 5.75 Å². The fraction of sp³-hybridized carbons (Fsp3) is 0.0625. The molecule has 0 radical (unpaired) electrons. The number of nitrogens with zero attached hydrogens (tertiary/aromatic N) is 1. The Morgan fingerprint density at radius 1 is 1.40 bits per heavy atom. The van der Waals surface area contributed by atoms with Crippen LogP contribution in [-0.4, -0.2) is 23.4 Å². The highest BCUT2D eigenvalue weighted by Crippen LogP contribution is 2.36. The maximum atomic E-state index is 12.4. The van der Waals surface area contributed by atoms with E-state index in [0.717, 1.165) is 0 Å². The minimum Gasteiger partial charge on any atom is -0.482 e. The first-order chi connectivity index (χ1) is 12.1. The molecule has 4 rings (SSSR count). The average Bonchev–Trinajstić information content (AvgIpc) is 3.27. The third-order valence-electron chi connectivity index (χ3n) is 3.42. The molecule has 0 bridgehead atoms. The van der Waals surface area contributed by atoms with Gasteiger partial charge in [-0.15, -0.1) is 11.3 Å². The van der Waals surface area contributed by atoms with Crippen LogP contribution in [0.25, 0.3) is 10.8 Å². The van der Waals surface area contributed by atoms with E-state index in [1.54, 1.807) is 29.8 Å². The molecule has 25 heavy (non-hydrogen) atoms. The number of amides is 2. The van der Waals surface area contributed by atoms with Crippen molar-refractivity contribution in [3.05, 3.63) is 46.6 Å². The molecule has 0 unspecified atom stereocenters. The lowest BCUT2D eigenvalue weighted by Gasteiger charge is -2.19. The van der Waals surface area contributed by atoms with Gasteiger partial charge in [0, 0.05) is 11.4 Å². The number of halogens is 1. The second-order valence-electron chi connectivity index (χ2n) is 5.13. The molecule has 126 valence electrons. The fourth-order valence-electron chi connectivity index (χ4n) is 2.27. The van der Waals surface area contributed by atoms with Gasteiger partial charge < -0.3 is 19.8 Å². The van der Waals surface area contributed by atoms with Crippen LogP contribution < -0.4 is 15.4 Å². The lowest BCUT2D eigenvalue weighted by molar-refractivity contribution is -0.118. The standard InChI is InChI=1S/C16H10ClN3O4S/c17-8-4-10-13(24-6-14(21)18-10)5-9(8)19-15(22)11-7-25-16(20-11)12-2-1-3-23-12/h1-5,7H,6H2,(H,18,21)(H,19,22). The minimum atomic E-state index is -0.407. The lowest BCUT2D eigenvalue weighted by Crippen LogP contribution is -2.25. The number of rotatable bonds is 3. The van der Waals surface area contributed by atoms with E-state index in [1.807, 2.05) is 0 Å². The molecule has 1 aliphatic heterocycles. The molecular weight excluding hydrogens is 366 g/mol. The van der Waals surface area contributed by atoms with Crippen molar-refractivity contribution < 1.29 is 18.7 Å². The molecule has 1 aliphatic rings. The number of fused-ring (bicyclic) bond motifs is 1. The number of carbonyl (C=O) groups excluding carboxylic acids is 2. The molecule has 2 aromatic heterocycles. The maximum Gasteiger partial charge on any atom is 0.275 e. The molecule has 2 N–H and O–H groups in total. The average molecular weight is 376 g/mol. The van der Waals surface area contributed by atoms with Crippen LogP contribution in [0.15, 0.2) is 40.3 Å². The molecule has 0 aliphatic carbocycles. The summed E-state index contributed by atoms with van der Waals surface area (Å²) in [6.07, 6.45) is 1.54. The molecule has 0 saturated carbocycles. The van der Waals surface area contributed by atoms with E-state index in [1.165, 1.54) is 17.4 Å². The van der Waals surface area contributed by atoms with Crippen LogP contribution in [0, 0.1) is 0 Å². The number of hydrogen-bond donors (Lipinski definition) is 2. The first-order valence-electron chi connectivity index (χ1n) is 7.17. The summed E-state index contributed by atoms with van der Waals surface area (Å²) in [5, 5.41) is 7.87. The zero-order chi connectivity index (χ0) is 17.4. The van der Waals surface area contributed by atoms with E-state index < -0.39 is 5.91 Å². The summed E-state index contributed by atoms with van der Waals surface area (Å²) in [7, 11) is 0. The Kier molecular flexibility index (Phi) is 3.90. The number of benzene rings is 1. The van der Waals surface area contributed by atoms with Crippen LogP contribution in [0.1, 0.15) is 10.5 Å². The number of nitrogens with one attached hydrogen (secondary N) is 2. The number of carbonyl (C=O) groups is 2. The predicted octanol–water partition coefficient (Wildman–Crippen LogP) is 3.64. The molecule has 7 nitrogen and oxygen atoms in total. The van der Waals surface area contributed by atoms with Crippen molar-refractivity contribution >= 4 is 46.1 Å². The summed E-state index contributed by atoms with van der Waals surface area (Å²) in [4.78, 5) is 28.0. The molecule has 0 atom stereocenters. The number of aromatic nitrogens is 1. The van der Waals surface area contributed by atoms with Gasteiger partial charge in [0.1, 0.15) is 11.4 Å². The zero-order valence-corrected chi connectivity index (χ0v) is 14.1. The van der Waals surface area contributed by atoms with Gasteiger partial charge in [-0.2, -0.15) is 0 Å². The van der Waals surface area contributed by atoms with Crippen LogP contribution in [0.2, 0.25) is 5.02 Å². The van der Waals surface area contributed by atoms with Gasteiger partial charge in [0.25, 0.3) is 11.8 Å². The second-order valence-corrected chi connectivity index (χ2v) is 6.40. The predicted molar refractivity (Wildman–Crippen MR) is 93.3 cm³/mol. The number of ether oxygens (including phenoxy) is 1. The van der Waals surface area contributed by atoms with E-state index in [0.29, 0.717) is 27.9 Å². The Morgan fingerprint density at radius 3 is 3.08 bits per heavy atom. The first kappa shape index (κ1) is 15.7. The summed E-state index contributed by atoms with van der Waals surface area (Å²) in [5.74, 6) is 0.373. The molecule has 3 aromatic rings. The monoisotopic (exact) mass is 375 g/mol. The molecular formula is C16H10ClN3O4S. The number of hydrogen-bond acceptors (Lipinski definition) is 6. The van der Waals surface area contributed by atoms with Crippen molar-refractivity contribution in [3.8, 4) is 16.5 Å². The number of anilines is 2. The number of thiazole rings is 1. The summed E-state index contributed by atoms with van der Waals surface area (Å²) >= 11 is 7.48. The minimum absolute atomic E-state index is 0.0827. The topological polar surface area (TPSA) is 93.5 Å². The van der Waals surface area contributed by atoms with Crippen LogP contribution >= 0.6 is 22.9 Å². The SMILES string of the molecule is O=C1COc2cc(NC(=O)c3csc(-c4ccco4)n3)c(Cl)cc2N1. The molecule has 0 saturated heterocycles. The van der Waals surface area contributed by atoms with Gasteiger partial charge >= 0.3 is 0 Å². The summed E-state index contributed by atoms with van der Waals surface area (Å²) in [6.45, 7) is -0.0827. The van der Waals surface area contributed by atoms with Crippen LogP contribution in [0.4, 0.5) is 11.4 Å². The Bertz CT molecular complexity index is 968. The lowest BCUT2D eigenvalue weighted by atomic mass is 10.2. The van der Waals surface area contributed by atoms with Gasteiger partial charge in [-0.3, -0.25) is 9.59 Å². The highest BCUT2D eigenvalue weighted by Gasteiger charge is 2.20. The van der Waals surface area contributed by atoms with Crippen molar-refractivity contribution in [3.63, 3.8) is 0 Å². The Balaban J connectivity index is 1.56. The molecule has 9 heteroatoms. The van der Waals surface area contributed by atoms with Crippen molar-refractivity contribution in [2.24, 2.45) is 0 Å². The quantitative estimate of drug-likeness (QED) is 0.729. The summed E-state index contributed by atoms with van der Waals surface area (Å²) < 4.78 is 10.6. The normalized spacial score (nSPS) is 12.9. The highest BCUT2D eigenvalue weighted by molar-refractivity contribution is 7.13. The first-order valence-corrected chi connectivity index (χ1v) is 8.43. The molecule has 0 spiro atoms. The Hall–Kier alpha value is -2.84. The van der Waals surface area contributed by atoms with Crippen molar-refractivity contribution in [2.75, 3.05) is 17.2 Å². The van der Waals surface area contributed by atoms with Crippen molar-refractivity contribution in [1.29, 1.82) is 0 Å². The van der Waals surface area contributed by atoms with Gasteiger partial charge in [0.15, 0.2) is 17.4 Å². The smallest absolute Gasteiger partial charge is 0.275 e. The van der Waals surface area contributed by atoms with Gasteiger partial charge in [-0.25, -0.2) is 4.98 Å². The summed E-state index contributed by atoms with van der Waals surface area (Å²) in [5.41, 5.74) is 1.08. The van der Waals surface area contributed by atoms with Gasteiger partial charge in [0.05, 0.1) is 22.7 Å². The highest BCUT2D eigenvalue weighted by atomic mass is 35.5. The maximum absolute atomic E-state index is 12.4. The zero-order valence-electron chi connectivity index (χ0n) is 12.5. The van der Waals surface area contributed by atoms with E-state index in [4.69, 9.17) is 20.8 Å². The second kappa shape index (κ2) is 6.23. The van der Waals surface area contributed by atoms with Gasteiger partial charge in [-0.1, -0.05) is 11.6 Å². The van der Waals surface area contributed by atoms with E-state index in [2.05, 4.69) is 15.6 Å². The fourth-order valence-corrected chi connectivity index (χ4v) is 3.25. The van der Waals surface area contributed by atoms with Gasteiger partial charge in [0.2, 0.25) is 0 Å². The Labute approximate surface area is 150 Å². The van der Waals surface area contributed by atoms with E-state index >= 15 is 0 Å². The third kappa shape index (κ3) is 3.09. The Morgan fingerprint density at radius 2 is 2.28 bits per heavy atom. The molecule has 0 fully saturated rings. The number of furan rings is 1. The van der Waals surface area contributed by atoms with Crippen LogP contribution in [0.3, 0.4) is 0 Å². The van der Waals surface area contributed by atoms with Crippen molar-refractivity contribution in [1.82, 2.24) is 4.98 Å². The van der Waals surface area contributed by atoms with Crippen molar-refractivity contribution in [2.45, 2.75) is 0 Å². The van der Waals surface area contributed by atoms with E-state index in [-0.39, 0.29) is 23.2 Å². The third-order valence-corrected chi connectivity index (χ3v) is 4.59. The summed E-state index contributed by atoms with van der Waals surface area (Å²) in [6, 6.07) is 6.61. The largest absolute Gasteiger partial charge is 0.482 e.